The lowest BCUT2D eigenvalue weighted by molar-refractivity contribution is 0.0946. The summed E-state index contributed by atoms with van der Waals surface area (Å²) in [7, 11) is 1.57. The van der Waals surface area contributed by atoms with E-state index < -0.39 is 0 Å². The zero-order valence-electron chi connectivity index (χ0n) is 13.9. The number of nitrogens with zero attached hydrogens (tertiary/aromatic N) is 3. The standard InChI is InChI=1S/C18H15N5O2S/c1-25-16-7-6-11(8-19-16)18-23-14(10-26-18)17(24)20-9-15-21-12-4-2-3-5-13(12)22-15/h2-8,10H,9H2,1H3,(H,20,24)(H,21,22). The van der Waals surface area contributed by atoms with Gasteiger partial charge in [0.25, 0.3) is 5.91 Å². The maximum atomic E-state index is 12.3. The fourth-order valence-electron chi connectivity index (χ4n) is 2.48. The van der Waals surface area contributed by atoms with Gasteiger partial charge in [-0.15, -0.1) is 11.3 Å². The third-order valence-electron chi connectivity index (χ3n) is 3.78. The Morgan fingerprint density at radius 1 is 1.23 bits per heavy atom. The molecular weight excluding hydrogens is 350 g/mol. The summed E-state index contributed by atoms with van der Waals surface area (Å²) in [5.74, 6) is 0.998. The van der Waals surface area contributed by atoms with Crippen LogP contribution in [0.2, 0.25) is 0 Å². The second kappa shape index (κ2) is 6.93. The second-order valence-corrected chi connectivity index (χ2v) is 6.37. The van der Waals surface area contributed by atoms with Crippen molar-refractivity contribution in [2.75, 3.05) is 7.11 Å². The number of ether oxygens (including phenoxy) is 1. The average molecular weight is 365 g/mol. The average Bonchev–Trinajstić information content (AvgIpc) is 3.33. The third-order valence-corrected chi connectivity index (χ3v) is 4.68. The molecule has 0 atom stereocenters. The van der Waals surface area contributed by atoms with Crippen LogP contribution in [0.25, 0.3) is 21.6 Å². The lowest BCUT2D eigenvalue weighted by Crippen LogP contribution is -2.23. The first-order valence-corrected chi connectivity index (χ1v) is 8.78. The number of amides is 1. The van der Waals surface area contributed by atoms with Crippen LogP contribution in [0.1, 0.15) is 16.3 Å². The number of carbonyl (C=O) groups is 1. The number of aromatic amines is 1. The predicted octanol–water partition coefficient (Wildman–Crippen LogP) is 3.02. The molecule has 4 rings (SSSR count). The van der Waals surface area contributed by atoms with Gasteiger partial charge in [-0.25, -0.2) is 15.0 Å². The molecule has 4 aromatic rings. The number of hydrogen-bond donors (Lipinski definition) is 2. The Hall–Kier alpha value is -3.26. The number of thiazole rings is 1. The minimum atomic E-state index is -0.241. The van der Waals surface area contributed by atoms with Crippen LogP contribution in [-0.4, -0.2) is 33.0 Å². The van der Waals surface area contributed by atoms with Gasteiger partial charge in [-0.05, 0) is 18.2 Å². The second-order valence-electron chi connectivity index (χ2n) is 5.51. The minimum absolute atomic E-state index is 0.241. The van der Waals surface area contributed by atoms with Crippen molar-refractivity contribution in [2.24, 2.45) is 0 Å². The van der Waals surface area contributed by atoms with E-state index in [0.29, 0.717) is 23.9 Å². The summed E-state index contributed by atoms with van der Waals surface area (Å²) in [6.07, 6.45) is 1.67. The lowest BCUT2D eigenvalue weighted by atomic mass is 10.3. The number of carbonyl (C=O) groups excluding carboxylic acids is 1. The molecular formula is C18H15N5O2S. The van der Waals surface area contributed by atoms with E-state index in [0.717, 1.165) is 21.6 Å². The zero-order chi connectivity index (χ0) is 17.9. The highest BCUT2D eigenvalue weighted by atomic mass is 32.1. The Morgan fingerprint density at radius 3 is 2.88 bits per heavy atom. The fraction of sp³-hybridized carbons (Fsp3) is 0.111. The molecule has 0 saturated carbocycles. The third kappa shape index (κ3) is 3.27. The Kier molecular flexibility index (Phi) is 4.32. The fourth-order valence-corrected chi connectivity index (χ4v) is 3.27. The van der Waals surface area contributed by atoms with Gasteiger partial charge in [-0.1, -0.05) is 12.1 Å². The lowest BCUT2D eigenvalue weighted by Gasteiger charge is -2.00. The molecule has 1 aromatic carbocycles. The van der Waals surface area contributed by atoms with Crippen LogP contribution in [-0.2, 0) is 6.54 Å². The number of nitrogens with one attached hydrogen (secondary N) is 2. The van der Waals surface area contributed by atoms with Crippen molar-refractivity contribution >= 4 is 28.3 Å². The smallest absolute Gasteiger partial charge is 0.271 e. The normalized spacial score (nSPS) is 10.8. The van der Waals surface area contributed by atoms with Gasteiger partial charge in [0.2, 0.25) is 5.88 Å². The summed E-state index contributed by atoms with van der Waals surface area (Å²) in [5, 5.41) is 5.30. The number of methoxy groups -OCH3 is 1. The highest BCUT2D eigenvalue weighted by molar-refractivity contribution is 7.13. The van der Waals surface area contributed by atoms with Crippen molar-refractivity contribution in [3.63, 3.8) is 0 Å². The number of H-pyrrole nitrogens is 1. The molecule has 0 aliphatic carbocycles. The molecule has 0 saturated heterocycles. The molecule has 3 aromatic heterocycles. The van der Waals surface area contributed by atoms with Crippen LogP contribution in [0, 0.1) is 0 Å². The van der Waals surface area contributed by atoms with E-state index in [1.807, 2.05) is 30.3 Å². The Morgan fingerprint density at radius 2 is 2.12 bits per heavy atom. The molecule has 0 spiro atoms. The zero-order valence-corrected chi connectivity index (χ0v) is 14.7. The maximum absolute atomic E-state index is 12.3. The first kappa shape index (κ1) is 16.2. The van der Waals surface area contributed by atoms with Crippen LogP contribution in [0.3, 0.4) is 0 Å². The number of rotatable bonds is 5. The van der Waals surface area contributed by atoms with Crippen LogP contribution in [0.4, 0.5) is 0 Å². The van der Waals surface area contributed by atoms with Crippen LogP contribution in [0.5, 0.6) is 5.88 Å². The maximum Gasteiger partial charge on any atom is 0.271 e. The molecule has 0 aliphatic heterocycles. The molecule has 0 unspecified atom stereocenters. The molecule has 0 aliphatic rings. The molecule has 130 valence electrons. The van der Waals surface area contributed by atoms with Crippen molar-refractivity contribution in [3.8, 4) is 16.5 Å². The summed E-state index contributed by atoms with van der Waals surface area (Å²) >= 11 is 1.39. The van der Waals surface area contributed by atoms with Crippen LogP contribution in [0.15, 0.2) is 48.0 Å². The van der Waals surface area contributed by atoms with Gasteiger partial charge in [0.05, 0.1) is 24.7 Å². The van der Waals surface area contributed by atoms with Gasteiger partial charge in [-0.2, -0.15) is 0 Å². The van der Waals surface area contributed by atoms with Gasteiger partial charge in [0.15, 0.2) is 0 Å². The van der Waals surface area contributed by atoms with E-state index in [2.05, 4.69) is 25.3 Å². The number of aromatic nitrogens is 4. The summed E-state index contributed by atoms with van der Waals surface area (Å²) in [6, 6.07) is 11.4. The molecule has 8 heteroatoms. The van der Waals surface area contributed by atoms with E-state index in [-0.39, 0.29) is 5.91 Å². The highest BCUT2D eigenvalue weighted by Crippen LogP contribution is 2.24. The number of fused-ring (bicyclic) bond motifs is 1. The molecule has 0 radical (unpaired) electrons. The van der Waals surface area contributed by atoms with Crippen LogP contribution < -0.4 is 10.1 Å². The number of pyridine rings is 1. The van der Waals surface area contributed by atoms with Crippen molar-refractivity contribution in [3.05, 3.63) is 59.5 Å². The first-order chi connectivity index (χ1) is 12.7. The predicted molar refractivity (Wildman–Crippen MR) is 99.2 cm³/mol. The minimum Gasteiger partial charge on any atom is -0.481 e. The van der Waals surface area contributed by atoms with E-state index in [1.165, 1.54) is 11.3 Å². The number of para-hydroxylation sites is 2. The SMILES string of the molecule is COc1ccc(-c2nc(C(=O)NCc3nc4ccccc4[nH]3)cs2)cn1. The first-order valence-electron chi connectivity index (χ1n) is 7.91. The Labute approximate surface area is 153 Å². The van der Waals surface area contributed by atoms with Gasteiger partial charge < -0.3 is 15.0 Å². The number of imidazole rings is 1. The van der Waals surface area contributed by atoms with E-state index in [9.17, 15) is 4.79 Å². The number of hydrogen-bond acceptors (Lipinski definition) is 6. The molecule has 0 bridgehead atoms. The van der Waals surface area contributed by atoms with E-state index in [4.69, 9.17) is 4.74 Å². The van der Waals surface area contributed by atoms with Crippen molar-refractivity contribution in [1.82, 2.24) is 25.3 Å². The van der Waals surface area contributed by atoms with E-state index in [1.54, 1.807) is 24.8 Å². The quantitative estimate of drug-likeness (QED) is 0.567. The largest absolute Gasteiger partial charge is 0.481 e. The topological polar surface area (TPSA) is 92.8 Å². The van der Waals surface area contributed by atoms with Gasteiger partial charge in [-0.3, -0.25) is 4.79 Å². The van der Waals surface area contributed by atoms with Crippen molar-refractivity contribution in [1.29, 1.82) is 0 Å². The van der Waals surface area contributed by atoms with Gasteiger partial charge in [0.1, 0.15) is 16.5 Å². The van der Waals surface area contributed by atoms with Crippen molar-refractivity contribution < 1.29 is 9.53 Å². The molecule has 26 heavy (non-hydrogen) atoms. The summed E-state index contributed by atoms with van der Waals surface area (Å²) in [4.78, 5) is 28.5. The van der Waals surface area contributed by atoms with Crippen LogP contribution >= 0.6 is 11.3 Å². The molecule has 2 N–H and O–H groups in total. The number of benzene rings is 1. The summed E-state index contributed by atoms with van der Waals surface area (Å²) < 4.78 is 5.04. The monoisotopic (exact) mass is 365 g/mol. The Bertz CT molecular complexity index is 1020. The molecule has 3 heterocycles. The van der Waals surface area contributed by atoms with E-state index >= 15 is 0 Å². The summed E-state index contributed by atoms with van der Waals surface area (Å²) in [6.45, 7) is 0.310. The molecule has 1 amide bonds. The summed E-state index contributed by atoms with van der Waals surface area (Å²) in [5.41, 5.74) is 3.03. The molecule has 0 fully saturated rings. The highest BCUT2D eigenvalue weighted by Gasteiger charge is 2.13. The molecule has 7 nitrogen and oxygen atoms in total. The van der Waals surface area contributed by atoms with Crippen molar-refractivity contribution in [2.45, 2.75) is 6.54 Å². The Balaban J connectivity index is 1.44. The van der Waals surface area contributed by atoms with Gasteiger partial charge >= 0.3 is 0 Å². The van der Waals surface area contributed by atoms with Gasteiger partial charge in [0, 0.05) is 23.2 Å².